The molecule has 2 heterocycles. The molecule has 0 aromatic heterocycles. The summed E-state index contributed by atoms with van der Waals surface area (Å²) in [6, 6.07) is 8.62. The van der Waals surface area contributed by atoms with Crippen LogP contribution in [0.4, 0.5) is 0 Å². The molecule has 164 valence electrons. The fraction of sp³-hybridized carbons (Fsp3) is 0.680. The van der Waals surface area contributed by atoms with Crippen molar-refractivity contribution in [3.8, 4) is 0 Å². The molecule has 2 aliphatic heterocycles. The van der Waals surface area contributed by atoms with Gasteiger partial charge >= 0.3 is 0 Å². The zero-order chi connectivity index (χ0) is 21.1. The van der Waals surface area contributed by atoms with Crippen molar-refractivity contribution in [1.29, 1.82) is 0 Å². The van der Waals surface area contributed by atoms with E-state index in [9.17, 15) is 9.59 Å². The quantitative estimate of drug-likeness (QED) is 0.776. The molecule has 0 spiro atoms. The normalized spacial score (nSPS) is 27.9. The monoisotopic (exact) mass is 412 g/mol. The Bertz CT molecular complexity index is 740. The summed E-state index contributed by atoms with van der Waals surface area (Å²) in [5.74, 6) is 0.0570. The summed E-state index contributed by atoms with van der Waals surface area (Å²) in [5, 5.41) is 3.06. The summed E-state index contributed by atoms with van der Waals surface area (Å²) in [7, 11) is 0. The molecule has 4 atom stereocenters. The van der Waals surface area contributed by atoms with Gasteiger partial charge in [0.1, 0.15) is 6.04 Å². The molecule has 0 radical (unpaired) electrons. The standard InChI is InChI=1S/C25H36N2O3/c1-3-17(2)24(28)26-23-11-7-6-10-20-12-13-21(27(20)25(23)29)16-30-22-14-18-8-4-5-9-19(18)15-22/h4-5,8-9,17,20-23H,3,6-7,10-16H2,1-2H3,(H,26,28)/t17?,20-,21-,23-/m0/s1. The van der Waals surface area contributed by atoms with E-state index in [1.54, 1.807) is 0 Å². The fourth-order valence-corrected chi connectivity index (χ4v) is 5.32. The van der Waals surface area contributed by atoms with E-state index in [1.165, 1.54) is 11.1 Å². The van der Waals surface area contributed by atoms with Crippen molar-refractivity contribution in [2.24, 2.45) is 5.92 Å². The lowest BCUT2D eigenvalue weighted by atomic mass is 9.98. The van der Waals surface area contributed by atoms with E-state index in [4.69, 9.17) is 4.74 Å². The Balaban J connectivity index is 1.39. The molecular formula is C25H36N2O3. The zero-order valence-electron chi connectivity index (χ0n) is 18.4. The van der Waals surface area contributed by atoms with Gasteiger partial charge in [0.2, 0.25) is 11.8 Å². The van der Waals surface area contributed by atoms with Gasteiger partial charge < -0.3 is 15.0 Å². The minimum absolute atomic E-state index is 0.00342. The van der Waals surface area contributed by atoms with Crippen LogP contribution in [0.2, 0.25) is 0 Å². The number of rotatable bonds is 6. The van der Waals surface area contributed by atoms with Gasteiger partial charge in [0, 0.05) is 12.0 Å². The molecule has 1 aromatic rings. The third-order valence-electron chi connectivity index (χ3n) is 7.37. The van der Waals surface area contributed by atoms with E-state index < -0.39 is 0 Å². The molecule has 2 fully saturated rings. The molecule has 2 saturated heterocycles. The second kappa shape index (κ2) is 9.51. The van der Waals surface area contributed by atoms with Crippen molar-refractivity contribution >= 4 is 11.8 Å². The van der Waals surface area contributed by atoms with E-state index >= 15 is 0 Å². The first-order valence-electron chi connectivity index (χ1n) is 11.9. The van der Waals surface area contributed by atoms with Gasteiger partial charge in [-0.1, -0.05) is 51.0 Å². The first-order chi connectivity index (χ1) is 14.6. The predicted octanol–water partition coefficient (Wildman–Crippen LogP) is 3.63. The van der Waals surface area contributed by atoms with Gasteiger partial charge in [-0.2, -0.15) is 0 Å². The average molecular weight is 413 g/mol. The Morgan fingerprint density at radius 2 is 1.83 bits per heavy atom. The number of hydrogen-bond donors (Lipinski definition) is 1. The Morgan fingerprint density at radius 1 is 1.13 bits per heavy atom. The lowest BCUT2D eigenvalue weighted by molar-refractivity contribution is -0.142. The summed E-state index contributed by atoms with van der Waals surface area (Å²) in [6.45, 7) is 4.54. The van der Waals surface area contributed by atoms with E-state index in [0.29, 0.717) is 12.6 Å². The summed E-state index contributed by atoms with van der Waals surface area (Å²) >= 11 is 0. The van der Waals surface area contributed by atoms with Crippen molar-refractivity contribution in [2.45, 2.75) is 95.9 Å². The van der Waals surface area contributed by atoms with E-state index in [2.05, 4.69) is 34.5 Å². The number of ether oxygens (including phenoxy) is 1. The van der Waals surface area contributed by atoms with Crippen LogP contribution in [0, 0.1) is 5.92 Å². The molecule has 1 unspecified atom stereocenters. The number of nitrogens with zero attached hydrogens (tertiary/aromatic N) is 1. The van der Waals surface area contributed by atoms with Gasteiger partial charge in [-0.15, -0.1) is 0 Å². The van der Waals surface area contributed by atoms with Gasteiger partial charge in [-0.05, 0) is 56.1 Å². The minimum atomic E-state index is -0.384. The smallest absolute Gasteiger partial charge is 0.245 e. The average Bonchev–Trinajstić information content (AvgIpc) is 3.35. The highest BCUT2D eigenvalue weighted by Gasteiger charge is 2.41. The van der Waals surface area contributed by atoms with Gasteiger partial charge in [-0.3, -0.25) is 9.59 Å². The van der Waals surface area contributed by atoms with Crippen LogP contribution < -0.4 is 5.32 Å². The van der Waals surface area contributed by atoms with Crippen molar-refractivity contribution in [3.63, 3.8) is 0 Å². The van der Waals surface area contributed by atoms with Crippen LogP contribution in [0.25, 0.3) is 0 Å². The molecule has 4 rings (SSSR count). The Morgan fingerprint density at radius 3 is 2.53 bits per heavy atom. The summed E-state index contributed by atoms with van der Waals surface area (Å²) in [6.07, 6.45) is 8.93. The zero-order valence-corrected chi connectivity index (χ0v) is 18.4. The summed E-state index contributed by atoms with van der Waals surface area (Å²) < 4.78 is 6.33. The molecule has 0 bridgehead atoms. The molecule has 5 nitrogen and oxygen atoms in total. The lowest BCUT2D eigenvalue weighted by Gasteiger charge is -2.36. The molecule has 1 N–H and O–H groups in total. The van der Waals surface area contributed by atoms with Gasteiger partial charge in [-0.25, -0.2) is 0 Å². The fourth-order valence-electron chi connectivity index (χ4n) is 5.32. The van der Waals surface area contributed by atoms with Crippen LogP contribution in [0.5, 0.6) is 0 Å². The van der Waals surface area contributed by atoms with Crippen LogP contribution in [0.15, 0.2) is 24.3 Å². The molecule has 1 aromatic carbocycles. The third-order valence-corrected chi connectivity index (χ3v) is 7.37. The number of hydrogen-bond acceptors (Lipinski definition) is 3. The first-order valence-corrected chi connectivity index (χ1v) is 11.9. The highest BCUT2D eigenvalue weighted by Crippen LogP contribution is 2.32. The maximum atomic E-state index is 13.5. The molecule has 1 aliphatic carbocycles. The van der Waals surface area contributed by atoms with E-state index in [1.807, 2.05) is 13.8 Å². The molecule has 30 heavy (non-hydrogen) atoms. The van der Waals surface area contributed by atoms with Gasteiger partial charge in [0.25, 0.3) is 0 Å². The number of carbonyl (C=O) groups is 2. The second-order valence-corrected chi connectivity index (χ2v) is 9.42. The van der Waals surface area contributed by atoms with Gasteiger partial charge in [0.05, 0.1) is 18.8 Å². The van der Waals surface area contributed by atoms with Crippen molar-refractivity contribution < 1.29 is 14.3 Å². The summed E-state index contributed by atoms with van der Waals surface area (Å²) in [5.41, 5.74) is 2.78. The highest BCUT2D eigenvalue weighted by atomic mass is 16.5. The van der Waals surface area contributed by atoms with Gasteiger partial charge in [0.15, 0.2) is 0 Å². The molecule has 5 heteroatoms. The maximum Gasteiger partial charge on any atom is 0.245 e. The number of fused-ring (bicyclic) bond motifs is 2. The van der Waals surface area contributed by atoms with Crippen LogP contribution in [0.3, 0.4) is 0 Å². The molecule has 3 aliphatic rings. The first kappa shape index (κ1) is 21.4. The third kappa shape index (κ3) is 4.56. The summed E-state index contributed by atoms with van der Waals surface area (Å²) in [4.78, 5) is 28.0. The predicted molar refractivity (Wildman–Crippen MR) is 117 cm³/mol. The van der Waals surface area contributed by atoms with Crippen LogP contribution >= 0.6 is 0 Å². The largest absolute Gasteiger partial charge is 0.375 e. The Hall–Kier alpha value is -1.88. The number of amides is 2. The van der Waals surface area contributed by atoms with Crippen LogP contribution in [-0.2, 0) is 27.2 Å². The van der Waals surface area contributed by atoms with E-state index in [0.717, 1.165) is 57.8 Å². The minimum Gasteiger partial charge on any atom is -0.375 e. The Labute approximate surface area is 180 Å². The number of benzene rings is 1. The molecular weight excluding hydrogens is 376 g/mol. The van der Waals surface area contributed by atoms with E-state index in [-0.39, 0.29) is 35.9 Å². The number of carbonyl (C=O) groups excluding carboxylic acids is 2. The maximum absolute atomic E-state index is 13.5. The number of nitrogens with one attached hydrogen (secondary N) is 1. The van der Waals surface area contributed by atoms with Crippen molar-refractivity contribution in [2.75, 3.05) is 6.61 Å². The highest BCUT2D eigenvalue weighted by molar-refractivity contribution is 5.89. The molecule has 2 amide bonds. The second-order valence-electron chi connectivity index (χ2n) is 9.42. The van der Waals surface area contributed by atoms with Crippen molar-refractivity contribution in [1.82, 2.24) is 10.2 Å². The Kier molecular flexibility index (Phi) is 6.77. The van der Waals surface area contributed by atoms with Crippen molar-refractivity contribution in [3.05, 3.63) is 35.4 Å². The SMILES string of the molecule is CCC(C)C(=O)N[C@H]1CCCC[C@H]2CC[C@@H](COC3Cc4ccccc4C3)N2C1=O. The molecule has 0 saturated carbocycles. The topological polar surface area (TPSA) is 58.6 Å². The van der Waals surface area contributed by atoms with Crippen LogP contribution in [0.1, 0.15) is 69.9 Å². The lowest BCUT2D eigenvalue weighted by Crippen LogP contribution is -2.54. The van der Waals surface area contributed by atoms with Crippen LogP contribution in [-0.4, -0.2) is 47.6 Å².